The zero-order valence-corrected chi connectivity index (χ0v) is 19.3. The molecule has 0 radical (unpaired) electrons. The van der Waals surface area contributed by atoms with E-state index in [2.05, 4.69) is 45.9 Å². The van der Waals surface area contributed by atoms with Gasteiger partial charge in [0.1, 0.15) is 5.75 Å². The van der Waals surface area contributed by atoms with Gasteiger partial charge in [-0.1, -0.05) is 53.2 Å². The average Bonchev–Trinajstić information content (AvgIpc) is 2.71. The first kappa shape index (κ1) is 23.7. The molecule has 0 N–H and O–H groups in total. The zero-order chi connectivity index (χ0) is 21.9. The van der Waals surface area contributed by atoms with Crippen molar-refractivity contribution < 1.29 is 9.53 Å². The average molecular weight is 408 g/mol. The van der Waals surface area contributed by atoms with Crippen LogP contribution >= 0.6 is 0 Å². The minimum absolute atomic E-state index is 0.0844. The van der Waals surface area contributed by atoms with Gasteiger partial charge in [-0.25, -0.2) is 0 Å². The number of benzene rings is 1. The lowest BCUT2D eigenvalue weighted by Crippen LogP contribution is -2.39. The Bertz CT molecular complexity index is 808. The Balaban J connectivity index is 1.95. The van der Waals surface area contributed by atoms with Crippen molar-refractivity contribution in [3.63, 3.8) is 0 Å². The fraction of sp³-hybridized carbons (Fsp3) is 0.444. The highest BCUT2D eigenvalue weighted by Gasteiger charge is 2.23. The largest absolute Gasteiger partial charge is 0.497 e. The fourth-order valence-electron chi connectivity index (χ4n) is 3.62. The van der Waals surface area contributed by atoms with E-state index in [0.717, 1.165) is 43.4 Å². The first-order valence-corrected chi connectivity index (χ1v) is 11.0. The number of hydrogen-bond acceptors (Lipinski definition) is 2. The van der Waals surface area contributed by atoms with E-state index in [0.29, 0.717) is 6.54 Å². The molecule has 1 unspecified atom stereocenters. The molecule has 1 atom stereocenters. The molecule has 3 heteroatoms. The SMILES string of the molecule is COc1ccc(CN2C(=O)C=CCC2/C=C(\C)CC/C=C(\C)CCC=C(C)C)cc1. The highest BCUT2D eigenvalue weighted by Crippen LogP contribution is 2.21. The molecule has 1 heterocycles. The molecule has 0 aromatic heterocycles. The third-order valence-electron chi connectivity index (χ3n) is 5.43. The molecule has 1 aromatic carbocycles. The molecule has 0 fully saturated rings. The minimum atomic E-state index is 0.0844. The van der Waals surface area contributed by atoms with Gasteiger partial charge in [0.25, 0.3) is 0 Å². The molecular weight excluding hydrogens is 370 g/mol. The van der Waals surface area contributed by atoms with Crippen LogP contribution in [0.4, 0.5) is 0 Å². The molecule has 1 aliphatic heterocycles. The summed E-state index contributed by atoms with van der Waals surface area (Å²) in [5.74, 6) is 0.918. The van der Waals surface area contributed by atoms with Crippen LogP contribution in [-0.4, -0.2) is 24.0 Å². The lowest BCUT2D eigenvalue weighted by Gasteiger charge is -2.31. The number of methoxy groups -OCH3 is 1. The Hall–Kier alpha value is -2.55. The number of hydrogen-bond donors (Lipinski definition) is 0. The van der Waals surface area contributed by atoms with Crippen molar-refractivity contribution >= 4 is 5.91 Å². The predicted octanol–water partition coefficient (Wildman–Crippen LogP) is 6.77. The second-order valence-corrected chi connectivity index (χ2v) is 8.44. The predicted molar refractivity (Wildman–Crippen MR) is 127 cm³/mol. The van der Waals surface area contributed by atoms with Gasteiger partial charge in [0.15, 0.2) is 0 Å². The lowest BCUT2D eigenvalue weighted by atomic mass is 10.0. The smallest absolute Gasteiger partial charge is 0.247 e. The molecule has 2 rings (SSSR count). The minimum Gasteiger partial charge on any atom is -0.497 e. The van der Waals surface area contributed by atoms with Crippen molar-refractivity contribution in [1.82, 2.24) is 4.90 Å². The standard InChI is InChI=1S/C27H37NO2/c1-21(2)9-6-10-22(3)11-7-12-23(4)19-25-13-8-14-27(29)28(25)20-24-15-17-26(30-5)18-16-24/h8-9,11,14-19,25H,6-7,10,12-13,20H2,1-5H3/b22-11+,23-19+. The van der Waals surface area contributed by atoms with Gasteiger partial charge < -0.3 is 9.64 Å². The molecular formula is C27H37NO2. The maximum absolute atomic E-state index is 12.5. The first-order chi connectivity index (χ1) is 14.4. The Morgan fingerprint density at radius 3 is 2.37 bits per heavy atom. The van der Waals surface area contributed by atoms with Crippen LogP contribution in [0.15, 0.2) is 71.4 Å². The Morgan fingerprint density at radius 2 is 1.70 bits per heavy atom. The van der Waals surface area contributed by atoms with E-state index in [1.54, 1.807) is 13.2 Å². The first-order valence-electron chi connectivity index (χ1n) is 11.0. The van der Waals surface area contributed by atoms with E-state index in [-0.39, 0.29) is 11.9 Å². The van der Waals surface area contributed by atoms with Crippen molar-refractivity contribution in [2.75, 3.05) is 7.11 Å². The number of carbonyl (C=O) groups is 1. The maximum atomic E-state index is 12.5. The van der Waals surface area contributed by atoms with Crippen molar-refractivity contribution in [1.29, 1.82) is 0 Å². The van der Waals surface area contributed by atoms with Crippen LogP contribution in [-0.2, 0) is 11.3 Å². The molecule has 1 amide bonds. The molecule has 0 saturated heterocycles. The summed E-state index contributed by atoms with van der Waals surface area (Å²) in [6.07, 6.45) is 15.8. The van der Waals surface area contributed by atoms with Crippen LogP contribution in [0.2, 0.25) is 0 Å². The van der Waals surface area contributed by atoms with Gasteiger partial charge in [-0.3, -0.25) is 4.79 Å². The Labute approximate surface area is 182 Å². The van der Waals surface area contributed by atoms with E-state index >= 15 is 0 Å². The molecule has 1 aromatic rings. The summed E-state index contributed by atoms with van der Waals surface area (Å²) in [6.45, 7) is 9.32. The highest BCUT2D eigenvalue weighted by atomic mass is 16.5. The van der Waals surface area contributed by atoms with Crippen LogP contribution in [0, 0.1) is 0 Å². The fourth-order valence-corrected chi connectivity index (χ4v) is 3.62. The summed E-state index contributed by atoms with van der Waals surface area (Å²) < 4.78 is 5.23. The maximum Gasteiger partial charge on any atom is 0.247 e. The zero-order valence-electron chi connectivity index (χ0n) is 19.3. The number of ether oxygens (including phenoxy) is 1. The van der Waals surface area contributed by atoms with Crippen LogP contribution in [0.3, 0.4) is 0 Å². The quantitative estimate of drug-likeness (QED) is 0.400. The van der Waals surface area contributed by atoms with E-state index in [1.807, 2.05) is 35.2 Å². The van der Waals surface area contributed by atoms with Crippen LogP contribution in [0.1, 0.15) is 65.4 Å². The second-order valence-electron chi connectivity index (χ2n) is 8.44. The molecule has 3 nitrogen and oxygen atoms in total. The monoisotopic (exact) mass is 407 g/mol. The van der Waals surface area contributed by atoms with Crippen LogP contribution in [0.5, 0.6) is 5.75 Å². The summed E-state index contributed by atoms with van der Waals surface area (Å²) >= 11 is 0. The van der Waals surface area contributed by atoms with Crippen molar-refractivity contribution in [2.24, 2.45) is 0 Å². The normalized spacial score (nSPS) is 17.3. The number of allylic oxidation sites excluding steroid dienone is 5. The van der Waals surface area contributed by atoms with Gasteiger partial charge in [0, 0.05) is 6.54 Å². The van der Waals surface area contributed by atoms with Gasteiger partial charge >= 0.3 is 0 Å². The van der Waals surface area contributed by atoms with Crippen LogP contribution < -0.4 is 4.74 Å². The Morgan fingerprint density at radius 1 is 1.03 bits per heavy atom. The summed E-state index contributed by atoms with van der Waals surface area (Å²) in [7, 11) is 1.66. The molecule has 30 heavy (non-hydrogen) atoms. The molecule has 0 aliphatic carbocycles. The molecule has 0 spiro atoms. The third-order valence-corrected chi connectivity index (χ3v) is 5.43. The molecule has 0 bridgehead atoms. The Kier molecular flexibility index (Phi) is 9.66. The van der Waals surface area contributed by atoms with Crippen molar-refractivity contribution in [3.05, 3.63) is 76.9 Å². The van der Waals surface area contributed by atoms with Gasteiger partial charge in [0.05, 0.1) is 13.2 Å². The highest BCUT2D eigenvalue weighted by molar-refractivity contribution is 5.89. The van der Waals surface area contributed by atoms with Gasteiger partial charge in [-0.05, 0) is 83.6 Å². The molecule has 0 saturated carbocycles. The summed E-state index contributed by atoms with van der Waals surface area (Å²) in [6, 6.07) is 8.07. The van der Waals surface area contributed by atoms with Gasteiger partial charge in [-0.2, -0.15) is 0 Å². The summed E-state index contributed by atoms with van der Waals surface area (Å²) in [5.41, 5.74) is 5.30. The third kappa shape index (κ3) is 8.06. The topological polar surface area (TPSA) is 29.5 Å². The molecule has 1 aliphatic rings. The van der Waals surface area contributed by atoms with Gasteiger partial charge in [-0.15, -0.1) is 0 Å². The van der Waals surface area contributed by atoms with Gasteiger partial charge in [0.2, 0.25) is 5.91 Å². The number of carbonyl (C=O) groups excluding carboxylic acids is 1. The summed E-state index contributed by atoms with van der Waals surface area (Å²) in [4.78, 5) is 14.5. The second kappa shape index (κ2) is 12.2. The summed E-state index contributed by atoms with van der Waals surface area (Å²) in [5, 5.41) is 0. The molecule has 162 valence electrons. The van der Waals surface area contributed by atoms with E-state index in [1.165, 1.54) is 16.7 Å². The van der Waals surface area contributed by atoms with E-state index in [4.69, 9.17) is 4.74 Å². The van der Waals surface area contributed by atoms with Crippen molar-refractivity contribution in [3.8, 4) is 5.75 Å². The van der Waals surface area contributed by atoms with Crippen molar-refractivity contribution in [2.45, 2.75) is 72.4 Å². The van der Waals surface area contributed by atoms with E-state index < -0.39 is 0 Å². The van der Waals surface area contributed by atoms with E-state index in [9.17, 15) is 4.79 Å². The number of nitrogens with zero attached hydrogens (tertiary/aromatic N) is 1. The number of rotatable bonds is 10. The van der Waals surface area contributed by atoms with Crippen LogP contribution in [0.25, 0.3) is 0 Å². The number of amides is 1. The lowest BCUT2D eigenvalue weighted by molar-refractivity contribution is -0.128.